The van der Waals surface area contributed by atoms with E-state index in [4.69, 9.17) is 10.2 Å². The van der Waals surface area contributed by atoms with Crippen molar-refractivity contribution in [2.45, 2.75) is 32.2 Å². The molecule has 3 rings (SSSR count). The van der Waals surface area contributed by atoms with Gasteiger partial charge < -0.3 is 15.5 Å². The summed E-state index contributed by atoms with van der Waals surface area (Å²) in [5.41, 5.74) is 7.85. The van der Waals surface area contributed by atoms with E-state index in [0.717, 1.165) is 17.8 Å². The molecule has 1 fully saturated rings. The average Bonchev–Trinajstić information content (AvgIpc) is 3.08. The fourth-order valence-corrected chi connectivity index (χ4v) is 2.91. The normalized spacial score (nSPS) is 22.1. The van der Waals surface area contributed by atoms with E-state index < -0.39 is 0 Å². The Balaban J connectivity index is 1.86. The Morgan fingerprint density at radius 2 is 2.15 bits per heavy atom. The van der Waals surface area contributed by atoms with Crippen molar-refractivity contribution < 1.29 is 4.42 Å². The minimum atomic E-state index is 0.435. The predicted molar refractivity (Wildman–Crippen MR) is 78.3 cm³/mol. The van der Waals surface area contributed by atoms with Crippen molar-refractivity contribution in [3.8, 4) is 11.5 Å². The van der Waals surface area contributed by atoms with Crippen LogP contribution < -0.4 is 11.1 Å². The lowest BCUT2D eigenvalue weighted by Crippen LogP contribution is -2.29. The van der Waals surface area contributed by atoms with Gasteiger partial charge >= 0.3 is 0 Å². The van der Waals surface area contributed by atoms with Crippen molar-refractivity contribution in [3.05, 3.63) is 30.2 Å². The third-order valence-corrected chi connectivity index (χ3v) is 3.99. The molecule has 0 aliphatic heterocycles. The molecule has 1 aliphatic rings. The maximum absolute atomic E-state index is 5.85. The lowest BCUT2D eigenvalue weighted by atomic mass is 10.0. The Kier molecular flexibility index (Phi) is 3.69. The molecule has 5 heteroatoms. The quantitative estimate of drug-likeness (QED) is 0.894. The first-order valence-corrected chi connectivity index (χ1v) is 7.14. The lowest BCUT2D eigenvalue weighted by molar-refractivity contribution is 0.515. The second-order valence-electron chi connectivity index (χ2n) is 5.35. The molecular formula is C15H20N4O. The summed E-state index contributed by atoms with van der Waals surface area (Å²) in [6, 6.07) is 8.49. The molecule has 2 aromatic rings. The zero-order valence-electron chi connectivity index (χ0n) is 11.7. The van der Waals surface area contributed by atoms with E-state index >= 15 is 0 Å². The number of benzene rings is 1. The van der Waals surface area contributed by atoms with Gasteiger partial charge in [0, 0.05) is 18.7 Å². The summed E-state index contributed by atoms with van der Waals surface area (Å²) in [7, 11) is 0. The Labute approximate surface area is 118 Å². The minimum Gasteiger partial charge on any atom is -0.421 e. The topological polar surface area (TPSA) is 77.0 Å². The fourth-order valence-electron chi connectivity index (χ4n) is 2.91. The summed E-state index contributed by atoms with van der Waals surface area (Å²) in [5, 5.41) is 11.6. The van der Waals surface area contributed by atoms with Gasteiger partial charge in [-0.1, -0.05) is 18.6 Å². The lowest BCUT2D eigenvalue weighted by Gasteiger charge is -2.21. The van der Waals surface area contributed by atoms with Crippen LogP contribution >= 0.6 is 0 Å². The van der Waals surface area contributed by atoms with Crippen molar-refractivity contribution in [3.63, 3.8) is 0 Å². The van der Waals surface area contributed by atoms with E-state index in [0.29, 0.717) is 23.7 Å². The van der Waals surface area contributed by atoms with Crippen LogP contribution in [0.3, 0.4) is 0 Å². The zero-order valence-corrected chi connectivity index (χ0v) is 11.7. The molecule has 2 atom stereocenters. The molecule has 0 radical (unpaired) electrons. The largest absolute Gasteiger partial charge is 0.421 e. The van der Waals surface area contributed by atoms with Crippen molar-refractivity contribution in [1.82, 2.24) is 10.2 Å². The molecule has 1 heterocycles. The fraction of sp³-hybridized carbons (Fsp3) is 0.467. The van der Waals surface area contributed by atoms with Gasteiger partial charge in [-0.15, -0.1) is 10.2 Å². The van der Waals surface area contributed by atoms with Crippen LogP contribution in [0.1, 0.15) is 25.2 Å². The number of anilines is 1. The Bertz CT molecular complexity index is 581. The molecule has 1 aromatic carbocycles. The van der Waals surface area contributed by atoms with Crippen molar-refractivity contribution in [1.29, 1.82) is 0 Å². The number of nitrogens with two attached hydrogens (primary N) is 1. The van der Waals surface area contributed by atoms with Crippen LogP contribution in [0.4, 0.5) is 5.69 Å². The van der Waals surface area contributed by atoms with Gasteiger partial charge in [0.25, 0.3) is 0 Å². The van der Waals surface area contributed by atoms with E-state index in [2.05, 4.69) is 21.6 Å². The van der Waals surface area contributed by atoms with Crippen molar-refractivity contribution >= 4 is 5.69 Å². The van der Waals surface area contributed by atoms with E-state index in [1.165, 1.54) is 19.3 Å². The summed E-state index contributed by atoms with van der Waals surface area (Å²) >= 11 is 0. The molecule has 1 saturated carbocycles. The van der Waals surface area contributed by atoms with Gasteiger partial charge in [0.15, 0.2) is 0 Å². The van der Waals surface area contributed by atoms with Crippen LogP contribution in [0.25, 0.3) is 11.5 Å². The third-order valence-electron chi connectivity index (χ3n) is 3.99. The molecule has 0 amide bonds. The Hall–Kier alpha value is -1.88. The van der Waals surface area contributed by atoms with Crippen molar-refractivity contribution in [2.75, 3.05) is 11.9 Å². The van der Waals surface area contributed by atoms with E-state index in [1.807, 2.05) is 18.2 Å². The molecule has 0 spiro atoms. The minimum absolute atomic E-state index is 0.435. The first-order chi connectivity index (χ1) is 9.78. The van der Waals surface area contributed by atoms with E-state index in [-0.39, 0.29) is 0 Å². The standard InChI is InChI=1S/C15H20N4O/c1-10-18-19-15(20-10)12-6-2-3-7-14(12)17-13-8-4-5-11(13)9-16/h2-3,6-7,11,13,17H,4-5,8-9,16H2,1H3. The number of aromatic nitrogens is 2. The maximum Gasteiger partial charge on any atom is 0.249 e. The summed E-state index contributed by atoms with van der Waals surface area (Å²) < 4.78 is 5.54. The first kappa shape index (κ1) is 13.1. The Morgan fingerprint density at radius 1 is 1.30 bits per heavy atom. The highest BCUT2D eigenvalue weighted by molar-refractivity contribution is 5.72. The second kappa shape index (κ2) is 5.63. The first-order valence-electron chi connectivity index (χ1n) is 7.14. The highest BCUT2D eigenvalue weighted by Crippen LogP contribution is 2.32. The summed E-state index contributed by atoms with van der Waals surface area (Å²) in [6.45, 7) is 2.54. The number of hydrogen-bond donors (Lipinski definition) is 2. The van der Waals surface area contributed by atoms with Crippen LogP contribution in [0.15, 0.2) is 28.7 Å². The predicted octanol–water partition coefficient (Wildman–Crippen LogP) is 2.58. The zero-order chi connectivity index (χ0) is 13.9. The Morgan fingerprint density at radius 3 is 2.90 bits per heavy atom. The SMILES string of the molecule is Cc1nnc(-c2ccccc2NC2CCCC2CN)o1. The molecule has 1 aromatic heterocycles. The third kappa shape index (κ3) is 2.54. The van der Waals surface area contributed by atoms with E-state index in [1.54, 1.807) is 6.92 Å². The van der Waals surface area contributed by atoms with Crippen LogP contribution in [-0.2, 0) is 0 Å². The number of nitrogens with one attached hydrogen (secondary N) is 1. The van der Waals surface area contributed by atoms with Crippen molar-refractivity contribution in [2.24, 2.45) is 11.7 Å². The molecule has 20 heavy (non-hydrogen) atoms. The van der Waals surface area contributed by atoms with Crippen LogP contribution in [0.5, 0.6) is 0 Å². The second-order valence-corrected chi connectivity index (χ2v) is 5.35. The smallest absolute Gasteiger partial charge is 0.249 e. The highest BCUT2D eigenvalue weighted by Gasteiger charge is 2.26. The number of nitrogens with zero attached hydrogens (tertiary/aromatic N) is 2. The van der Waals surface area contributed by atoms with Gasteiger partial charge in [-0.2, -0.15) is 0 Å². The van der Waals surface area contributed by atoms with Gasteiger partial charge in [0.2, 0.25) is 11.8 Å². The van der Waals surface area contributed by atoms with Gasteiger partial charge in [-0.05, 0) is 37.4 Å². The molecule has 106 valence electrons. The monoisotopic (exact) mass is 272 g/mol. The molecule has 1 aliphatic carbocycles. The van der Waals surface area contributed by atoms with Gasteiger partial charge in [-0.3, -0.25) is 0 Å². The number of para-hydroxylation sites is 1. The number of rotatable bonds is 4. The van der Waals surface area contributed by atoms with Crippen LogP contribution in [0.2, 0.25) is 0 Å². The van der Waals surface area contributed by atoms with Gasteiger partial charge in [0.1, 0.15) is 0 Å². The van der Waals surface area contributed by atoms with Gasteiger partial charge in [0.05, 0.1) is 5.56 Å². The molecular weight excluding hydrogens is 252 g/mol. The number of aryl methyl sites for hydroxylation is 1. The van der Waals surface area contributed by atoms with Crippen LogP contribution in [0, 0.1) is 12.8 Å². The maximum atomic E-state index is 5.85. The average molecular weight is 272 g/mol. The molecule has 0 saturated heterocycles. The molecule has 5 nitrogen and oxygen atoms in total. The summed E-state index contributed by atoms with van der Waals surface area (Å²) in [4.78, 5) is 0. The van der Waals surface area contributed by atoms with Gasteiger partial charge in [-0.25, -0.2) is 0 Å². The number of hydrogen-bond acceptors (Lipinski definition) is 5. The molecule has 0 bridgehead atoms. The summed E-state index contributed by atoms with van der Waals surface area (Å²) in [5.74, 6) is 1.69. The molecule has 2 unspecified atom stereocenters. The van der Waals surface area contributed by atoms with E-state index in [9.17, 15) is 0 Å². The summed E-state index contributed by atoms with van der Waals surface area (Å²) in [6.07, 6.45) is 3.61. The van der Waals surface area contributed by atoms with Crippen LogP contribution in [-0.4, -0.2) is 22.8 Å². The molecule has 3 N–H and O–H groups in total. The highest BCUT2D eigenvalue weighted by atomic mass is 16.4.